The monoisotopic (exact) mass is 199 g/mol. The van der Waals surface area contributed by atoms with Gasteiger partial charge in [-0.15, -0.1) is 6.58 Å². The normalized spacial score (nSPS) is 12.6. The minimum atomic E-state index is -0.549. The molecule has 0 radical (unpaired) electrons. The second kappa shape index (κ2) is 3.90. The van der Waals surface area contributed by atoms with Gasteiger partial charge in [0.25, 0.3) is 0 Å². The highest BCUT2D eigenvalue weighted by Crippen LogP contribution is 2.26. The first kappa shape index (κ1) is 10.2. The van der Waals surface area contributed by atoms with E-state index >= 15 is 0 Å². The maximum Gasteiger partial charge on any atom is 0.132 e. The van der Waals surface area contributed by atoms with E-state index in [-0.39, 0.29) is 5.82 Å². The summed E-state index contributed by atoms with van der Waals surface area (Å²) in [5, 5.41) is 0.343. The van der Waals surface area contributed by atoms with Crippen LogP contribution in [0, 0.1) is 12.7 Å². The second-order valence-corrected chi connectivity index (χ2v) is 3.26. The van der Waals surface area contributed by atoms with Crippen molar-refractivity contribution in [3.63, 3.8) is 0 Å². The van der Waals surface area contributed by atoms with Crippen LogP contribution < -0.4 is 5.73 Å². The molecule has 1 atom stereocenters. The van der Waals surface area contributed by atoms with Crippen molar-refractivity contribution < 1.29 is 4.39 Å². The van der Waals surface area contributed by atoms with E-state index in [9.17, 15) is 4.39 Å². The molecule has 0 fully saturated rings. The first-order chi connectivity index (χ1) is 6.07. The van der Waals surface area contributed by atoms with Crippen molar-refractivity contribution in [1.29, 1.82) is 0 Å². The Labute approximate surface area is 82.0 Å². The van der Waals surface area contributed by atoms with E-state index in [1.165, 1.54) is 6.08 Å². The number of aryl methyl sites for hydroxylation is 1. The highest BCUT2D eigenvalue weighted by atomic mass is 35.5. The molecule has 1 aromatic rings. The average molecular weight is 200 g/mol. The number of halogens is 2. The zero-order valence-corrected chi connectivity index (χ0v) is 8.11. The third kappa shape index (κ3) is 1.90. The standard InChI is InChI=1S/C10H11ClFN/c1-3-8(13)9-7(11)5-4-6(2)10(9)12/h3-5,8H,1,13H2,2H3. The Morgan fingerprint density at radius 2 is 2.23 bits per heavy atom. The van der Waals surface area contributed by atoms with Gasteiger partial charge in [-0.3, -0.25) is 0 Å². The maximum atomic E-state index is 13.5. The lowest BCUT2D eigenvalue weighted by molar-refractivity contribution is 0.594. The predicted octanol–water partition coefficient (Wildman–Crippen LogP) is 2.97. The second-order valence-electron chi connectivity index (χ2n) is 2.85. The van der Waals surface area contributed by atoms with Gasteiger partial charge in [-0.25, -0.2) is 4.39 Å². The van der Waals surface area contributed by atoms with Crippen LogP contribution >= 0.6 is 11.6 Å². The van der Waals surface area contributed by atoms with Crippen LogP contribution in [0.5, 0.6) is 0 Å². The van der Waals surface area contributed by atoms with Crippen LogP contribution in [-0.4, -0.2) is 0 Å². The van der Waals surface area contributed by atoms with Crippen LogP contribution in [0.25, 0.3) is 0 Å². The number of benzene rings is 1. The van der Waals surface area contributed by atoms with Crippen molar-refractivity contribution >= 4 is 11.6 Å². The van der Waals surface area contributed by atoms with Crippen LogP contribution in [0.2, 0.25) is 5.02 Å². The molecule has 0 aliphatic heterocycles. The molecule has 1 aromatic carbocycles. The van der Waals surface area contributed by atoms with E-state index < -0.39 is 6.04 Å². The zero-order chi connectivity index (χ0) is 10.0. The molecule has 70 valence electrons. The van der Waals surface area contributed by atoms with E-state index in [2.05, 4.69) is 6.58 Å². The molecular formula is C10H11ClFN. The molecule has 0 bridgehead atoms. The molecule has 2 N–H and O–H groups in total. The van der Waals surface area contributed by atoms with E-state index in [1.54, 1.807) is 19.1 Å². The Hall–Kier alpha value is -0.860. The molecule has 0 aliphatic rings. The largest absolute Gasteiger partial charge is 0.321 e. The Morgan fingerprint density at radius 1 is 1.62 bits per heavy atom. The molecule has 0 heterocycles. The van der Waals surface area contributed by atoms with Crippen LogP contribution in [0.3, 0.4) is 0 Å². The van der Waals surface area contributed by atoms with E-state index in [0.717, 1.165) is 0 Å². The summed E-state index contributed by atoms with van der Waals surface area (Å²) in [5.74, 6) is -0.347. The lowest BCUT2D eigenvalue weighted by Gasteiger charge is -2.11. The van der Waals surface area contributed by atoms with Gasteiger partial charge in [0.15, 0.2) is 0 Å². The summed E-state index contributed by atoms with van der Waals surface area (Å²) in [5.41, 5.74) is 6.48. The van der Waals surface area contributed by atoms with E-state index in [4.69, 9.17) is 17.3 Å². The molecule has 0 amide bonds. The van der Waals surface area contributed by atoms with Gasteiger partial charge in [0.2, 0.25) is 0 Å². The zero-order valence-electron chi connectivity index (χ0n) is 7.35. The maximum absolute atomic E-state index is 13.5. The summed E-state index contributed by atoms with van der Waals surface area (Å²) in [4.78, 5) is 0. The van der Waals surface area contributed by atoms with E-state index in [1.807, 2.05) is 0 Å². The number of nitrogens with two attached hydrogens (primary N) is 1. The fourth-order valence-corrected chi connectivity index (χ4v) is 1.37. The highest BCUT2D eigenvalue weighted by molar-refractivity contribution is 6.31. The number of hydrogen-bond donors (Lipinski definition) is 1. The van der Waals surface area contributed by atoms with Gasteiger partial charge < -0.3 is 5.73 Å². The first-order valence-electron chi connectivity index (χ1n) is 3.90. The average Bonchev–Trinajstić information content (AvgIpc) is 2.12. The molecule has 1 unspecified atom stereocenters. The minimum Gasteiger partial charge on any atom is -0.321 e. The summed E-state index contributed by atoms with van der Waals surface area (Å²) in [6.45, 7) is 5.17. The van der Waals surface area contributed by atoms with Crippen LogP contribution in [0.4, 0.5) is 4.39 Å². The van der Waals surface area contributed by atoms with Crippen molar-refractivity contribution in [2.75, 3.05) is 0 Å². The molecule has 0 aliphatic carbocycles. The summed E-state index contributed by atoms with van der Waals surface area (Å²) in [7, 11) is 0. The highest BCUT2D eigenvalue weighted by Gasteiger charge is 2.14. The van der Waals surface area contributed by atoms with Gasteiger partial charge in [0.05, 0.1) is 6.04 Å². The Kier molecular flexibility index (Phi) is 3.07. The lowest BCUT2D eigenvalue weighted by atomic mass is 10.0. The molecule has 13 heavy (non-hydrogen) atoms. The van der Waals surface area contributed by atoms with Crippen LogP contribution in [0.1, 0.15) is 17.2 Å². The van der Waals surface area contributed by atoms with Gasteiger partial charge in [-0.2, -0.15) is 0 Å². The van der Waals surface area contributed by atoms with Crippen molar-refractivity contribution in [3.05, 3.63) is 46.8 Å². The molecule has 1 nitrogen and oxygen atoms in total. The van der Waals surface area contributed by atoms with Crippen molar-refractivity contribution in [2.45, 2.75) is 13.0 Å². The van der Waals surface area contributed by atoms with Gasteiger partial charge in [0, 0.05) is 10.6 Å². The molecule has 0 saturated heterocycles. The Balaban J connectivity index is 3.32. The fraction of sp³-hybridized carbons (Fsp3) is 0.200. The molecule has 0 spiro atoms. The van der Waals surface area contributed by atoms with Gasteiger partial charge in [-0.1, -0.05) is 23.7 Å². The van der Waals surface area contributed by atoms with Crippen LogP contribution in [-0.2, 0) is 0 Å². The molecule has 3 heteroatoms. The predicted molar refractivity (Wildman–Crippen MR) is 53.3 cm³/mol. The molecule has 0 aromatic heterocycles. The first-order valence-corrected chi connectivity index (χ1v) is 4.28. The summed E-state index contributed by atoms with van der Waals surface area (Å²) >= 11 is 5.81. The summed E-state index contributed by atoms with van der Waals surface area (Å²) < 4.78 is 13.5. The third-order valence-electron chi connectivity index (χ3n) is 1.91. The number of hydrogen-bond acceptors (Lipinski definition) is 1. The van der Waals surface area contributed by atoms with Crippen molar-refractivity contribution in [1.82, 2.24) is 0 Å². The molecular weight excluding hydrogens is 189 g/mol. The Morgan fingerprint density at radius 3 is 2.77 bits per heavy atom. The van der Waals surface area contributed by atoms with Crippen LogP contribution in [0.15, 0.2) is 24.8 Å². The fourth-order valence-electron chi connectivity index (χ4n) is 1.10. The van der Waals surface area contributed by atoms with Crippen molar-refractivity contribution in [3.8, 4) is 0 Å². The SMILES string of the molecule is C=CC(N)c1c(Cl)ccc(C)c1F. The van der Waals surface area contributed by atoms with Gasteiger partial charge in [-0.05, 0) is 18.6 Å². The summed E-state index contributed by atoms with van der Waals surface area (Å²) in [6, 6.07) is 2.71. The van der Waals surface area contributed by atoms with Gasteiger partial charge in [0.1, 0.15) is 5.82 Å². The number of rotatable bonds is 2. The minimum absolute atomic E-state index is 0.316. The van der Waals surface area contributed by atoms with Crippen molar-refractivity contribution in [2.24, 2.45) is 5.73 Å². The lowest BCUT2D eigenvalue weighted by Crippen LogP contribution is -2.10. The summed E-state index contributed by atoms with van der Waals surface area (Å²) in [6.07, 6.45) is 1.46. The smallest absolute Gasteiger partial charge is 0.132 e. The molecule has 0 saturated carbocycles. The van der Waals surface area contributed by atoms with Gasteiger partial charge >= 0.3 is 0 Å². The topological polar surface area (TPSA) is 26.0 Å². The Bertz CT molecular complexity index is 336. The molecule has 1 rings (SSSR count). The third-order valence-corrected chi connectivity index (χ3v) is 2.24. The quantitative estimate of drug-likeness (QED) is 0.729. The van der Waals surface area contributed by atoms with E-state index in [0.29, 0.717) is 16.1 Å².